The van der Waals surface area contributed by atoms with Crippen LogP contribution in [0.3, 0.4) is 0 Å². The molecule has 2 fully saturated rings. The summed E-state index contributed by atoms with van der Waals surface area (Å²) in [4.78, 5) is 36.7. The van der Waals surface area contributed by atoms with Gasteiger partial charge < -0.3 is 20.9 Å². The standard InChI is InChI=1S/C16H20N4O3/c21-14-9-20(8-7-17-14)10-15(22)19-13-4-2-1-3-12(13)16(23)18-11-5-6-11/h1-4,11H,5-10H2,(H,17,21)(H,18,23)(H,19,22)/p+1. The topological polar surface area (TPSA) is 91.7 Å². The Labute approximate surface area is 134 Å². The molecular formula is C16H21N4O3+. The van der Waals surface area contributed by atoms with Gasteiger partial charge in [-0.1, -0.05) is 12.1 Å². The molecule has 7 nitrogen and oxygen atoms in total. The summed E-state index contributed by atoms with van der Waals surface area (Å²) in [7, 11) is 0. The number of anilines is 1. The number of hydrogen-bond acceptors (Lipinski definition) is 3. The van der Waals surface area contributed by atoms with Crippen LogP contribution in [0.4, 0.5) is 5.69 Å². The second-order valence-electron chi connectivity index (χ2n) is 6.05. The van der Waals surface area contributed by atoms with E-state index in [0.29, 0.717) is 24.3 Å². The quantitative estimate of drug-likeness (QED) is 0.534. The maximum Gasteiger partial charge on any atom is 0.279 e. The summed E-state index contributed by atoms with van der Waals surface area (Å²) in [6, 6.07) is 7.25. The van der Waals surface area contributed by atoms with Crippen LogP contribution in [0.25, 0.3) is 0 Å². The van der Waals surface area contributed by atoms with Crippen LogP contribution in [0, 0.1) is 0 Å². The van der Waals surface area contributed by atoms with Crippen molar-refractivity contribution >= 4 is 23.4 Å². The van der Waals surface area contributed by atoms with Crippen molar-refractivity contribution in [2.75, 3.05) is 31.5 Å². The average Bonchev–Trinajstić information content (AvgIpc) is 3.31. The van der Waals surface area contributed by atoms with Gasteiger partial charge >= 0.3 is 0 Å². The van der Waals surface area contributed by atoms with Gasteiger partial charge in [0.25, 0.3) is 17.7 Å². The molecule has 1 heterocycles. The highest BCUT2D eigenvalue weighted by Crippen LogP contribution is 2.21. The van der Waals surface area contributed by atoms with Crippen molar-refractivity contribution in [1.29, 1.82) is 0 Å². The largest absolute Gasteiger partial charge is 0.349 e. The zero-order valence-electron chi connectivity index (χ0n) is 12.9. The SMILES string of the molecule is O=C1C[NH+](CC(=O)Nc2ccccc2C(=O)NC2CC2)CCN1. The maximum atomic E-state index is 12.2. The first-order valence-electron chi connectivity index (χ1n) is 7.92. The highest BCUT2D eigenvalue weighted by Gasteiger charge is 2.26. The molecule has 1 saturated carbocycles. The van der Waals surface area contributed by atoms with Crippen LogP contribution in [0.5, 0.6) is 0 Å². The summed E-state index contributed by atoms with van der Waals surface area (Å²) in [6.07, 6.45) is 2.03. The Morgan fingerprint density at radius 2 is 2.04 bits per heavy atom. The zero-order valence-corrected chi connectivity index (χ0v) is 12.9. The van der Waals surface area contributed by atoms with E-state index >= 15 is 0 Å². The molecule has 0 radical (unpaired) electrons. The molecule has 1 aromatic rings. The molecule has 0 spiro atoms. The van der Waals surface area contributed by atoms with Gasteiger partial charge in [0, 0.05) is 6.04 Å². The number of carbonyl (C=O) groups is 3. The Morgan fingerprint density at radius 1 is 1.26 bits per heavy atom. The lowest BCUT2D eigenvalue weighted by Gasteiger charge is -2.23. The molecule has 1 unspecified atom stereocenters. The van der Waals surface area contributed by atoms with E-state index in [1.807, 2.05) is 0 Å². The van der Waals surface area contributed by atoms with Crippen LogP contribution in [0.2, 0.25) is 0 Å². The highest BCUT2D eigenvalue weighted by atomic mass is 16.2. The minimum atomic E-state index is -0.193. The minimum absolute atomic E-state index is 0.0386. The monoisotopic (exact) mass is 317 g/mol. The second kappa shape index (κ2) is 6.78. The molecule has 0 bridgehead atoms. The first-order chi connectivity index (χ1) is 11.1. The van der Waals surface area contributed by atoms with E-state index in [9.17, 15) is 14.4 Å². The maximum absolute atomic E-state index is 12.2. The molecule has 1 saturated heterocycles. The molecule has 23 heavy (non-hydrogen) atoms. The number of benzene rings is 1. The summed E-state index contributed by atoms with van der Waals surface area (Å²) in [5, 5.41) is 8.46. The normalized spacial score (nSPS) is 20.5. The van der Waals surface area contributed by atoms with Crippen LogP contribution in [0.1, 0.15) is 23.2 Å². The van der Waals surface area contributed by atoms with E-state index in [1.165, 1.54) is 0 Å². The molecular weight excluding hydrogens is 296 g/mol. The van der Waals surface area contributed by atoms with E-state index in [0.717, 1.165) is 24.3 Å². The summed E-state index contributed by atoms with van der Waals surface area (Å²) in [5.74, 6) is -0.391. The van der Waals surface area contributed by atoms with Crippen molar-refractivity contribution in [2.45, 2.75) is 18.9 Å². The molecule has 1 atom stereocenters. The molecule has 1 aliphatic heterocycles. The van der Waals surface area contributed by atoms with Gasteiger partial charge in [-0.2, -0.15) is 0 Å². The summed E-state index contributed by atoms with van der Waals surface area (Å²) in [5.41, 5.74) is 0.982. The van der Waals surface area contributed by atoms with Crippen molar-refractivity contribution < 1.29 is 19.3 Å². The number of para-hydroxylation sites is 1. The van der Waals surface area contributed by atoms with Crippen LogP contribution in [0.15, 0.2) is 24.3 Å². The number of rotatable bonds is 5. The fourth-order valence-corrected chi connectivity index (χ4v) is 2.61. The number of hydrogen-bond donors (Lipinski definition) is 4. The second-order valence-corrected chi connectivity index (χ2v) is 6.05. The fraction of sp³-hybridized carbons (Fsp3) is 0.438. The molecule has 1 aliphatic carbocycles. The van der Waals surface area contributed by atoms with Crippen molar-refractivity contribution in [3.05, 3.63) is 29.8 Å². The third-order valence-electron chi connectivity index (χ3n) is 3.98. The van der Waals surface area contributed by atoms with E-state index < -0.39 is 0 Å². The molecule has 4 N–H and O–H groups in total. The highest BCUT2D eigenvalue weighted by molar-refractivity contribution is 6.04. The van der Waals surface area contributed by atoms with Gasteiger partial charge in [0.2, 0.25) is 0 Å². The van der Waals surface area contributed by atoms with Crippen LogP contribution in [-0.2, 0) is 9.59 Å². The third kappa shape index (κ3) is 4.29. The first-order valence-corrected chi connectivity index (χ1v) is 7.92. The molecule has 1 aromatic carbocycles. The van der Waals surface area contributed by atoms with E-state index in [2.05, 4.69) is 16.0 Å². The Morgan fingerprint density at radius 3 is 2.78 bits per heavy atom. The Kier molecular flexibility index (Phi) is 4.57. The average molecular weight is 317 g/mol. The van der Waals surface area contributed by atoms with E-state index in [4.69, 9.17) is 0 Å². The Balaban J connectivity index is 1.61. The lowest BCUT2D eigenvalue weighted by atomic mass is 10.1. The number of carbonyl (C=O) groups excluding carboxylic acids is 3. The van der Waals surface area contributed by atoms with Gasteiger partial charge in [0.15, 0.2) is 13.1 Å². The van der Waals surface area contributed by atoms with Gasteiger partial charge in [-0.15, -0.1) is 0 Å². The van der Waals surface area contributed by atoms with Crippen LogP contribution >= 0.6 is 0 Å². The fourth-order valence-electron chi connectivity index (χ4n) is 2.61. The molecule has 122 valence electrons. The molecule has 3 rings (SSSR count). The predicted octanol–water partition coefficient (Wildman–Crippen LogP) is -1.47. The minimum Gasteiger partial charge on any atom is -0.349 e. The van der Waals surface area contributed by atoms with Crippen molar-refractivity contribution in [3.8, 4) is 0 Å². The Hall–Kier alpha value is -2.41. The van der Waals surface area contributed by atoms with Crippen molar-refractivity contribution in [2.24, 2.45) is 0 Å². The van der Waals surface area contributed by atoms with Crippen LogP contribution < -0.4 is 20.9 Å². The van der Waals surface area contributed by atoms with Crippen LogP contribution in [-0.4, -0.2) is 49.9 Å². The number of piperazine rings is 1. The van der Waals surface area contributed by atoms with Crippen molar-refractivity contribution in [3.63, 3.8) is 0 Å². The molecule has 7 heteroatoms. The van der Waals surface area contributed by atoms with Gasteiger partial charge in [0.1, 0.15) is 0 Å². The lowest BCUT2D eigenvalue weighted by Crippen LogP contribution is -3.16. The van der Waals surface area contributed by atoms with Gasteiger partial charge in [-0.05, 0) is 25.0 Å². The predicted molar refractivity (Wildman–Crippen MR) is 84.1 cm³/mol. The molecule has 3 amide bonds. The molecule has 2 aliphatic rings. The lowest BCUT2D eigenvalue weighted by molar-refractivity contribution is -0.885. The van der Waals surface area contributed by atoms with Gasteiger partial charge in [0.05, 0.1) is 24.3 Å². The number of quaternary nitrogens is 1. The summed E-state index contributed by atoms with van der Waals surface area (Å²) < 4.78 is 0. The smallest absolute Gasteiger partial charge is 0.279 e. The summed E-state index contributed by atoms with van der Waals surface area (Å²) >= 11 is 0. The summed E-state index contributed by atoms with van der Waals surface area (Å²) in [6.45, 7) is 1.83. The molecule has 0 aromatic heterocycles. The van der Waals surface area contributed by atoms with Gasteiger partial charge in [-0.3, -0.25) is 14.4 Å². The van der Waals surface area contributed by atoms with E-state index in [1.54, 1.807) is 24.3 Å². The Bertz CT molecular complexity index is 628. The van der Waals surface area contributed by atoms with E-state index in [-0.39, 0.29) is 30.3 Å². The van der Waals surface area contributed by atoms with Crippen molar-refractivity contribution in [1.82, 2.24) is 10.6 Å². The number of nitrogens with one attached hydrogen (secondary N) is 4. The number of amides is 3. The third-order valence-corrected chi connectivity index (χ3v) is 3.98. The zero-order chi connectivity index (χ0) is 16.2. The van der Waals surface area contributed by atoms with Gasteiger partial charge in [-0.25, -0.2) is 0 Å². The first kappa shape index (κ1) is 15.5.